The van der Waals surface area contributed by atoms with E-state index < -0.39 is 53.3 Å². The Morgan fingerprint density at radius 2 is 1.78 bits per heavy atom. The summed E-state index contributed by atoms with van der Waals surface area (Å²) in [5, 5.41) is 9.78. The van der Waals surface area contributed by atoms with E-state index in [1.54, 1.807) is 18.0 Å². The molecule has 49 heavy (non-hydrogen) atoms. The Morgan fingerprint density at radius 3 is 2.39 bits per heavy atom. The van der Waals surface area contributed by atoms with Gasteiger partial charge in [0.05, 0.1) is 35.3 Å². The highest BCUT2D eigenvalue weighted by Crippen LogP contribution is 2.41. The highest BCUT2D eigenvalue weighted by atomic mass is 35.5. The maximum absolute atomic E-state index is 13.7. The van der Waals surface area contributed by atoms with E-state index in [0.29, 0.717) is 78.7 Å². The van der Waals surface area contributed by atoms with Crippen LogP contribution in [-0.2, 0) is 16.1 Å². The molecule has 4 aliphatic rings. The van der Waals surface area contributed by atoms with E-state index in [4.69, 9.17) is 21.3 Å². The van der Waals surface area contributed by atoms with Gasteiger partial charge in [0, 0.05) is 35.4 Å². The third-order valence-electron chi connectivity index (χ3n) is 9.51. The molecular weight excluding hydrogens is 678 g/mol. The number of hydrogen-bond donors (Lipinski definition) is 1. The Labute approximate surface area is 282 Å². The predicted octanol–water partition coefficient (Wildman–Crippen LogP) is 8.15. The van der Waals surface area contributed by atoms with Gasteiger partial charge in [0.1, 0.15) is 6.10 Å². The van der Waals surface area contributed by atoms with Crippen LogP contribution in [0, 0.1) is 5.92 Å². The smallest absolute Gasteiger partial charge is 0.423 e. The Kier molecular flexibility index (Phi) is 9.31. The molecule has 2 unspecified atom stereocenters. The van der Waals surface area contributed by atoms with E-state index in [1.165, 1.54) is 11.8 Å². The molecular formula is C34H31ClF6N4O4. The van der Waals surface area contributed by atoms with E-state index in [2.05, 4.69) is 4.98 Å². The number of rotatable bonds is 7. The lowest BCUT2D eigenvalue weighted by atomic mass is 9.78. The first kappa shape index (κ1) is 34.6. The molecule has 2 saturated heterocycles. The van der Waals surface area contributed by atoms with Crippen LogP contribution in [0.4, 0.5) is 37.1 Å². The quantitative estimate of drug-likeness (QED) is 0.229. The zero-order chi connectivity index (χ0) is 35.2. The molecule has 260 valence electrons. The lowest BCUT2D eigenvalue weighted by Gasteiger charge is -2.31. The zero-order valence-corrected chi connectivity index (χ0v) is 26.9. The first-order chi connectivity index (χ1) is 23.1. The molecule has 2 aromatic rings. The number of aromatic nitrogens is 2. The predicted molar refractivity (Wildman–Crippen MR) is 167 cm³/mol. The molecule has 0 bridgehead atoms. The first-order valence-electron chi connectivity index (χ1n) is 15.7. The van der Waals surface area contributed by atoms with Crippen molar-refractivity contribution in [1.82, 2.24) is 14.9 Å². The normalized spacial score (nSPS) is 24.5. The maximum Gasteiger partial charge on any atom is 0.423 e. The van der Waals surface area contributed by atoms with Gasteiger partial charge in [-0.3, -0.25) is 9.69 Å². The number of halogens is 7. The molecule has 1 N–H and O–H groups in total. The van der Waals surface area contributed by atoms with Crippen molar-refractivity contribution in [2.24, 2.45) is 5.92 Å². The fourth-order valence-corrected chi connectivity index (χ4v) is 6.76. The van der Waals surface area contributed by atoms with E-state index >= 15 is 0 Å². The SMILES string of the molecule is CC1C(C2=CC(C(F)(F)F)=C=CC(C(F)(F)F)=C2)OC(=O)N1Cc1nc(N2CCC2)ncc1-c1cc(C2CCC(C(=O)O)CC2)ccc1Cl. The second-order valence-corrected chi connectivity index (χ2v) is 13.0. The lowest BCUT2D eigenvalue weighted by molar-refractivity contribution is -0.142. The Bertz CT molecular complexity index is 1790. The third kappa shape index (κ3) is 7.21. The number of ether oxygens (including phenoxy) is 1. The number of aliphatic carboxylic acids is 1. The minimum atomic E-state index is -5.01. The zero-order valence-electron chi connectivity index (χ0n) is 26.1. The maximum atomic E-state index is 13.7. The van der Waals surface area contributed by atoms with Crippen LogP contribution < -0.4 is 4.90 Å². The lowest BCUT2D eigenvalue weighted by Crippen LogP contribution is -2.39. The molecule has 2 aliphatic heterocycles. The highest BCUT2D eigenvalue weighted by molar-refractivity contribution is 6.33. The number of carbonyl (C=O) groups excluding carboxylic acids is 1. The molecule has 3 fully saturated rings. The molecule has 3 heterocycles. The second kappa shape index (κ2) is 13.2. The van der Waals surface area contributed by atoms with Crippen molar-refractivity contribution in [2.75, 3.05) is 18.0 Å². The Morgan fingerprint density at radius 1 is 1.06 bits per heavy atom. The number of allylic oxidation sites excluding steroid dienone is 3. The summed E-state index contributed by atoms with van der Waals surface area (Å²) in [7, 11) is 0. The van der Waals surface area contributed by atoms with Crippen molar-refractivity contribution in [3.8, 4) is 11.1 Å². The number of carboxylic acids is 1. The largest absolute Gasteiger partial charge is 0.481 e. The summed E-state index contributed by atoms with van der Waals surface area (Å²) in [5.41, 5.74) is 0.747. The molecule has 1 saturated carbocycles. The van der Waals surface area contributed by atoms with E-state index in [9.17, 15) is 41.0 Å². The summed E-state index contributed by atoms with van der Waals surface area (Å²) in [6, 6.07) is 4.51. The van der Waals surface area contributed by atoms with Crippen molar-refractivity contribution in [1.29, 1.82) is 0 Å². The summed E-state index contributed by atoms with van der Waals surface area (Å²) >= 11 is 6.70. The van der Waals surface area contributed by atoms with Crippen LogP contribution in [0.5, 0.6) is 0 Å². The number of cyclic esters (lactones) is 1. The molecule has 15 heteroatoms. The minimum Gasteiger partial charge on any atom is -0.481 e. The van der Waals surface area contributed by atoms with Crippen molar-refractivity contribution >= 4 is 29.6 Å². The van der Waals surface area contributed by atoms with Gasteiger partial charge in [0.2, 0.25) is 5.95 Å². The van der Waals surface area contributed by atoms with Gasteiger partial charge in [-0.05, 0) is 86.4 Å². The molecule has 2 aliphatic carbocycles. The number of carbonyl (C=O) groups is 2. The van der Waals surface area contributed by atoms with Gasteiger partial charge < -0.3 is 14.7 Å². The van der Waals surface area contributed by atoms with Gasteiger partial charge >= 0.3 is 24.4 Å². The first-order valence-corrected chi connectivity index (χ1v) is 16.1. The van der Waals surface area contributed by atoms with Crippen LogP contribution in [-0.4, -0.2) is 69.6 Å². The van der Waals surface area contributed by atoms with Gasteiger partial charge in [-0.15, -0.1) is 5.73 Å². The Hall–Kier alpha value is -4.29. The molecule has 0 spiro atoms. The second-order valence-electron chi connectivity index (χ2n) is 12.6. The molecule has 1 aromatic carbocycles. The van der Waals surface area contributed by atoms with Crippen molar-refractivity contribution in [2.45, 2.75) is 76.0 Å². The highest BCUT2D eigenvalue weighted by Gasteiger charge is 2.44. The average molecular weight is 709 g/mol. The number of benzene rings is 1. The number of anilines is 1. The fourth-order valence-electron chi connectivity index (χ4n) is 6.54. The van der Waals surface area contributed by atoms with Gasteiger partial charge in [-0.1, -0.05) is 17.7 Å². The summed E-state index contributed by atoms with van der Waals surface area (Å²) in [5.74, 6) is -0.702. The van der Waals surface area contributed by atoms with Gasteiger partial charge in [0.15, 0.2) is 0 Å². The fraction of sp³-hybridized carbons (Fsp3) is 0.441. The number of amides is 1. The Balaban J connectivity index is 1.33. The topological polar surface area (TPSA) is 95.9 Å². The molecule has 1 amide bonds. The minimum absolute atomic E-state index is 0.0957. The molecule has 0 radical (unpaired) electrons. The van der Waals surface area contributed by atoms with Crippen molar-refractivity contribution in [3.05, 3.63) is 81.4 Å². The van der Waals surface area contributed by atoms with Crippen LogP contribution in [0.3, 0.4) is 0 Å². The van der Waals surface area contributed by atoms with Crippen LogP contribution in [0.25, 0.3) is 11.1 Å². The van der Waals surface area contributed by atoms with Crippen LogP contribution in [0.2, 0.25) is 5.02 Å². The number of nitrogens with zero attached hydrogens (tertiary/aromatic N) is 4. The summed E-state index contributed by atoms with van der Waals surface area (Å²) in [6.07, 6.45) is -6.17. The van der Waals surface area contributed by atoms with Crippen molar-refractivity contribution < 1.29 is 45.8 Å². The van der Waals surface area contributed by atoms with E-state index in [0.717, 1.165) is 12.0 Å². The summed E-state index contributed by atoms with van der Waals surface area (Å²) in [6.45, 7) is 2.70. The van der Waals surface area contributed by atoms with Crippen LogP contribution in [0.1, 0.15) is 56.2 Å². The molecule has 6 rings (SSSR count). The number of hydrogen-bond acceptors (Lipinski definition) is 6. The molecule has 2 atom stereocenters. The standard InChI is InChI=1S/C34H31ClF6N4O4/c1-18-29(22-13-23(33(36,37)38)8-9-24(14-22)34(39,40)41)49-32(48)45(18)17-28-26(16-42-31(43-28)44-11-2-12-44)25-15-21(7-10-27(25)35)19-3-5-20(6-4-19)30(46)47/h7-8,10,13-16,18-20,29H,2-6,11-12,17H2,1H3,(H,46,47). The van der Waals surface area contributed by atoms with E-state index in [1.807, 2.05) is 17.0 Å². The average Bonchev–Trinajstić information content (AvgIpc) is 3.16. The van der Waals surface area contributed by atoms with Gasteiger partial charge in [-0.2, -0.15) is 26.3 Å². The molecule has 1 aromatic heterocycles. The summed E-state index contributed by atoms with van der Waals surface area (Å²) in [4.78, 5) is 37.2. The third-order valence-corrected chi connectivity index (χ3v) is 9.84. The number of alkyl halides is 6. The van der Waals surface area contributed by atoms with E-state index in [-0.39, 0.29) is 24.5 Å². The monoisotopic (exact) mass is 708 g/mol. The van der Waals surface area contributed by atoms with Crippen LogP contribution >= 0.6 is 11.6 Å². The van der Waals surface area contributed by atoms with Gasteiger partial charge in [0.25, 0.3) is 0 Å². The van der Waals surface area contributed by atoms with Gasteiger partial charge in [-0.25, -0.2) is 14.8 Å². The molecule has 8 nitrogen and oxygen atoms in total. The van der Waals surface area contributed by atoms with Crippen LogP contribution in [0.15, 0.2) is 65.1 Å². The van der Waals surface area contributed by atoms with Crippen molar-refractivity contribution in [3.63, 3.8) is 0 Å². The number of carboxylic acid groups (broad SMARTS) is 1. The summed E-state index contributed by atoms with van der Waals surface area (Å²) < 4.78 is 87.5.